The Labute approximate surface area is 609 Å². The van der Waals surface area contributed by atoms with Crippen LogP contribution in [0.3, 0.4) is 0 Å². The van der Waals surface area contributed by atoms with E-state index >= 15 is 0 Å². The summed E-state index contributed by atoms with van der Waals surface area (Å²) in [5, 5.41) is 81.1. The third-order valence-corrected chi connectivity index (χ3v) is 36.9. The highest BCUT2D eigenvalue weighted by Gasteiger charge is 2.68. The van der Waals surface area contributed by atoms with Gasteiger partial charge in [0, 0.05) is 27.4 Å². The summed E-state index contributed by atoms with van der Waals surface area (Å²) < 4.78 is 17.2. The number of fused-ring (bicyclic) bond motifs is 20. The van der Waals surface area contributed by atoms with Crippen LogP contribution in [-0.4, -0.2) is 84.5 Å². The highest BCUT2D eigenvalue weighted by Crippen LogP contribution is 2.73. The van der Waals surface area contributed by atoms with Gasteiger partial charge in [-0.25, -0.2) is 0 Å². The number of nitrogens with zero attached hydrogens (tertiary/aromatic N) is 4. The Morgan fingerprint density at radius 3 is 0.910 bits per heavy atom. The zero-order valence-corrected chi connectivity index (χ0v) is 64.4. The fraction of sp³-hybridized carbons (Fsp3) is 0.955. The average Bonchev–Trinajstić information content (AvgIpc) is 1.43. The smallest absolute Gasteiger partial charge is 0.0661 e. The van der Waals surface area contributed by atoms with Crippen LogP contribution in [-0.2, 0) is 14.2 Å². The first kappa shape index (κ1) is 77.3. The summed E-state index contributed by atoms with van der Waals surface area (Å²) in [5.74, 6) is 13.2. The normalized spacial score (nSPS) is 55.4. The van der Waals surface area contributed by atoms with E-state index in [1.165, 1.54) is 128 Å². The van der Waals surface area contributed by atoms with Gasteiger partial charge in [0.05, 0.1) is 84.6 Å². The molecule has 16 aliphatic carbocycles. The minimum absolute atomic E-state index is 0. The molecule has 11 heteroatoms. The quantitative estimate of drug-likeness (QED) is 0.205. The summed E-state index contributed by atoms with van der Waals surface area (Å²) >= 11 is 0. The monoisotopic (exact) mass is 1380 g/mol. The molecule has 4 N–H and O–H groups in total. The van der Waals surface area contributed by atoms with E-state index in [0.29, 0.717) is 87.4 Å². The van der Waals surface area contributed by atoms with E-state index in [4.69, 9.17) is 14.2 Å². The number of methoxy groups -OCH3 is 2. The van der Waals surface area contributed by atoms with Crippen molar-refractivity contribution in [3.8, 4) is 24.3 Å². The van der Waals surface area contributed by atoms with Crippen molar-refractivity contribution in [2.45, 2.75) is 332 Å². The third-order valence-electron chi connectivity index (χ3n) is 36.9. The lowest BCUT2D eigenvalue weighted by atomic mass is 9.43. The Hall–Kier alpha value is -2.32. The van der Waals surface area contributed by atoms with Gasteiger partial charge in [0.2, 0.25) is 0 Å². The molecule has 16 saturated carbocycles. The molecule has 11 nitrogen and oxygen atoms in total. The number of aliphatic hydroxyl groups is 4. The molecule has 1 saturated heterocycles. The molecule has 0 amide bonds. The van der Waals surface area contributed by atoms with Crippen LogP contribution in [0, 0.1) is 219 Å². The largest absolute Gasteiger partial charge is 0.393 e. The van der Waals surface area contributed by atoms with Crippen molar-refractivity contribution in [3.05, 3.63) is 0 Å². The standard InChI is InChI=1S/C22H35NO.C21H33NO2.C21H33NO.C20H31NO2.C4H8O.CH4/c1-14-9-10-21(2)15(11-14)5-7-17-18-8-6-16(13-23)22(18,3)12-19(24-4)20(17)21;1-20-9-8-15(23)10-13(20)4-6-16-17-7-5-14(12-22)21(17,2)11-18(24-3)19(16)20;1-13-8-9-20(2)14(10-13)4-6-16-17-7-5-15(12-22)21(17,3)11-18(23)19(16)20;1-19-8-7-14(22)9-12(19)3-5-15-16-6-4-13(11-21)20(16,2)10-17(23)18(15)19;1-2-4-5-3-1;/h14-20H,5-12H2,1-4H3;13-19,23H,4-11H2,1-3H3;13-19,23H,4-11H2,1-3H3;12-18,22-23H,3-10H2,1-2H3;1-4H2;1H4/t14-,15+,16-,17+,18+,19-,20?,21+,22-;13-,14+,15+,16-,17-,18+,19?,20-,21+;13-,14+,15-,16+,17+,18-,19?,20+,21-;12-,13+,14+,15-,16-,17+,18?,19-,20+;;/m1010../s1. The molecule has 0 aromatic carbocycles. The van der Waals surface area contributed by atoms with Crippen LogP contribution < -0.4 is 0 Å². The second kappa shape index (κ2) is 29.7. The van der Waals surface area contributed by atoms with Crippen molar-refractivity contribution >= 4 is 0 Å². The van der Waals surface area contributed by atoms with Gasteiger partial charge < -0.3 is 34.6 Å². The van der Waals surface area contributed by atoms with E-state index in [9.17, 15) is 41.5 Å². The first-order chi connectivity index (χ1) is 47.2. The summed E-state index contributed by atoms with van der Waals surface area (Å²) in [6, 6.07) is 10.4. The fourth-order valence-corrected chi connectivity index (χ4v) is 31.7. The maximum absolute atomic E-state index is 11.2. The molecule has 17 fully saturated rings. The first-order valence-corrected chi connectivity index (χ1v) is 42.1. The number of ether oxygens (including phenoxy) is 3. The number of nitriles is 4. The molecule has 562 valence electrons. The Morgan fingerprint density at radius 1 is 0.340 bits per heavy atom. The Bertz CT molecular complexity index is 2790. The lowest BCUT2D eigenvalue weighted by Crippen LogP contribution is -2.59. The number of hydrogen-bond donors (Lipinski definition) is 4. The fourth-order valence-electron chi connectivity index (χ4n) is 31.7. The summed E-state index contributed by atoms with van der Waals surface area (Å²) in [5.41, 5.74) is 1.76. The van der Waals surface area contributed by atoms with Crippen molar-refractivity contribution in [1.82, 2.24) is 0 Å². The highest BCUT2D eigenvalue weighted by molar-refractivity contribution is 5.20. The lowest BCUT2D eigenvalue weighted by molar-refractivity contribution is -0.183. The van der Waals surface area contributed by atoms with Crippen LogP contribution >= 0.6 is 0 Å². The topological polar surface area (TPSA) is 204 Å². The van der Waals surface area contributed by atoms with Gasteiger partial charge in [-0.2, -0.15) is 21.0 Å². The lowest BCUT2D eigenvalue weighted by Gasteiger charge is -2.62. The van der Waals surface area contributed by atoms with Crippen LogP contribution in [0.5, 0.6) is 0 Å². The Kier molecular flexibility index (Phi) is 22.9. The molecule has 0 radical (unpaired) electrons. The predicted molar refractivity (Wildman–Crippen MR) is 396 cm³/mol. The van der Waals surface area contributed by atoms with Gasteiger partial charge in [-0.1, -0.05) is 89.5 Å². The maximum Gasteiger partial charge on any atom is 0.0661 e. The summed E-state index contributed by atoms with van der Waals surface area (Å²) in [7, 11) is 3.81. The second-order valence-corrected chi connectivity index (χ2v) is 40.8. The molecule has 0 aromatic heterocycles. The zero-order chi connectivity index (χ0) is 70.6. The molecular formula is C89H144N4O7. The van der Waals surface area contributed by atoms with Crippen molar-refractivity contribution in [2.75, 3.05) is 27.4 Å². The van der Waals surface area contributed by atoms with Crippen LogP contribution in [0.1, 0.15) is 295 Å². The minimum atomic E-state index is -0.266. The molecule has 36 atom stereocenters. The van der Waals surface area contributed by atoms with Crippen molar-refractivity contribution in [3.63, 3.8) is 0 Å². The van der Waals surface area contributed by atoms with Gasteiger partial charge in [-0.15, -0.1) is 0 Å². The first-order valence-electron chi connectivity index (χ1n) is 42.1. The molecule has 100 heavy (non-hydrogen) atoms. The van der Waals surface area contributed by atoms with Gasteiger partial charge >= 0.3 is 0 Å². The second-order valence-electron chi connectivity index (χ2n) is 40.8. The van der Waals surface area contributed by atoms with Crippen LogP contribution in [0.25, 0.3) is 0 Å². The summed E-state index contributed by atoms with van der Waals surface area (Å²) in [4.78, 5) is 0. The zero-order valence-electron chi connectivity index (χ0n) is 64.4. The van der Waals surface area contributed by atoms with Crippen LogP contribution in [0.4, 0.5) is 0 Å². The number of rotatable bonds is 2. The van der Waals surface area contributed by atoms with Crippen LogP contribution in [0.2, 0.25) is 0 Å². The van der Waals surface area contributed by atoms with E-state index in [1.54, 1.807) is 0 Å². The Balaban J connectivity index is 0.000000123. The van der Waals surface area contributed by atoms with E-state index < -0.39 is 0 Å². The van der Waals surface area contributed by atoms with Crippen molar-refractivity contribution in [1.29, 1.82) is 21.0 Å². The molecule has 17 rings (SSSR count). The predicted octanol–water partition coefficient (Wildman–Crippen LogP) is 19.3. The molecule has 4 unspecified atom stereocenters. The third kappa shape index (κ3) is 12.8. The van der Waals surface area contributed by atoms with Gasteiger partial charge in [-0.05, 0) is 355 Å². The van der Waals surface area contributed by atoms with Gasteiger partial charge in [-0.3, -0.25) is 0 Å². The van der Waals surface area contributed by atoms with E-state index in [-0.39, 0.29) is 88.7 Å². The molecule has 1 heterocycles. The molecule has 0 aromatic rings. The maximum atomic E-state index is 11.2. The van der Waals surface area contributed by atoms with E-state index in [0.717, 1.165) is 145 Å². The van der Waals surface area contributed by atoms with Gasteiger partial charge in [0.15, 0.2) is 0 Å². The Morgan fingerprint density at radius 2 is 0.620 bits per heavy atom. The molecule has 17 aliphatic rings. The summed E-state index contributed by atoms with van der Waals surface area (Å²) in [6.07, 6.45) is 40.1. The number of hydrogen-bond acceptors (Lipinski definition) is 11. The van der Waals surface area contributed by atoms with Crippen molar-refractivity contribution in [2.24, 2.45) is 174 Å². The summed E-state index contributed by atoms with van der Waals surface area (Å²) in [6.45, 7) is 26.2. The molecule has 0 bridgehead atoms. The average molecular weight is 1380 g/mol. The molecule has 0 spiro atoms. The van der Waals surface area contributed by atoms with Crippen LogP contribution in [0.15, 0.2) is 0 Å². The van der Waals surface area contributed by atoms with E-state index in [2.05, 4.69) is 93.5 Å². The SMILES string of the molecule is C.C1CCOC1.CO[C@@H]1C[C@]2(C)[C@@H](C#N)CC[C@H]2[C@@H]2CC[C@H]3C[C@H](C)CC[C@]3(C)C21.CO[C@@H]1C[C@]2(C)[C@@H](C#N)CC[C@H]2[C@@H]2CC[C@H]3C[C@H](O)CC[C@]3(C)C21.C[C@@H]1CC[C@]2(C)C3[C@H](O)C[C@]4(C)[C@@H](C#N)CC[C@H]4[C@@H]3CC[C@H]2C1.C[C@]12C[C@@H](O)C3[C@@H](CC[C@H]4C[C@H](O)CC[C@]34C)[C@@H]1CC[C@@H]2C#N. The number of aliphatic hydroxyl groups excluding tert-OH is 4. The van der Waals surface area contributed by atoms with Crippen molar-refractivity contribution < 1.29 is 34.6 Å². The van der Waals surface area contributed by atoms with Gasteiger partial charge in [0.25, 0.3) is 0 Å². The highest BCUT2D eigenvalue weighted by atomic mass is 16.5. The molecule has 1 aliphatic heterocycles. The minimum Gasteiger partial charge on any atom is -0.393 e. The van der Waals surface area contributed by atoms with E-state index in [1.807, 2.05) is 14.2 Å². The molecular weight excluding hydrogens is 1240 g/mol. The van der Waals surface area contributed by atoms with Gasteiger partial charge in [0.1, 0.15) is 0 Å².